The largest absolute Gasteiger partial charge is 0.416 e. The lowest BCUT2D eigenvalue weighted by Crippen LogP contribution is -2.07. The molecule has 0 radical (unpaired) electrons. The number of alkyl halides is 3. The molecule has 0 aliphatic heterocycles. The van der Waals surface area contributed by atoms with Gasteiger partial charge in [-0.2, -0.15) is 13.2 Å². The predicted octanol–water partition coefficient (Wildman–Crippen LogP) is 2.14. The second kappa shape index (κ2) is 4.40. The number of nitrogens with one attached hydrogen (secondary N) is 1. The fourth-order valence-corrected chi connectivity index (χ4v) is 1.64. The molecule has 0 aliphatic rings. The van der Waals surface area contributed by atoms with Crippen LogP contribution in [0.3, 0.4) is 0 Å². The number of nitrogens with two attached hydrogens (primary N) is 1. The van der Waals surface area contributed by atoms with Crippen LogP contribution in [0.1, 0.15) is 5.56 Å². The first-order valence-corrected chi connectivity index (χ1v) is 5.04. The lowest BCUT2D eigenvalue weighted by atomic mass is 10.0. The van der Waals surface area contributed by atoms with Crippen LogP contribution in [-0.4, -0.2) is 10.1 Å². The van der Waals surface area contributed by atoms with E-state index in [2.05, 4.69) is 4.52 Å². The summed E-state index contributed by atoms with van der Waals surface area (Å²) in [4.78, 5) is 21.2. The number of aromatic nitrogens is 1. The molecule has 0 fully saturated rings. The summed E-state index contributed by atoms with van der Waals surface area (Å²) >= 11 is 0. The number of nitro groups is 1. The monoisotopic (exact) mass is 289 g/mol. The van der Waals surface area contributed by atoms with Crippen LogP contribution in [0, 0.1) is 10.1 Å². The molecule has 0 spiro atoms. The first-order chi connectivity index (χ1) is 9.21. The summed E-state index contributed by atoms with van der Waals surface area (Å²) in [7, 11) is 0. The second-order valence-electron chi connectivity index (χ2n) is 3.77. The van der Waals surface area contributed by atoms with E-state index in [0.717, 1.165) is 6.07 Å². The Morgan fingerprint density at radius 2 is 2.00 bits per heavy atom. The van der Waals surface area contributed by atoms with Gasteiger partial charge in [0.15, 0.2) is 0 Å². The standard InChI is InChI=1S/C10H6F3N3O4/c11-10(12,13)4-1-2-5(6(3-4)16(18)19)7-8(14)15-20-9(7)17/h1-3,15H,14H2. The summed E-state index contributed by atoms with van der Waals surface area (Å²) in [5, 5.41) is 12.9. The molecule has 1 heterocycles. The van der Waals surface area contributed by atoms with Crippen LogP contribution in [0.15, 0.2) is 27.5 Å². The molecular formula is C10H6F3N3O4. The normalized spacial score (nSPS) is 11.6. The van der Waals surface area contributed by atoms with Gasteiger partial charge in [0.2, 0.25) is 0 Å². The molecule has 0 amide bonds. The zero-order valence-corrected chi connectivity index (χ0v) is 9.52. The van der Waals surface area contributed by atoms with E-state index in [1.807, 2.05) is 5.16 Å². The molecule has 1 aromatic heterocycles. The van der Waals surface area contributed by atoms with Gasteiger partial charge in [-0.3, -0.25) is 10.1 Å². The first-order valence-electron chi connectivity index (χ1n) is 5.04. The van der Waals surface area contributed by atoms with Crippen molar-refractivity contribution in [3.05, 3.63) is 44.3 Å². The van der Waals surface area contributed by atoms with Gasteiger partial charge in [-0.15, -0.1) is 0 Å². The summed E-state index contributed by atoms with van der Waals surface area (Å²) in [6, 6.07) is 1.76. The Labute approximate surface area is 107 Å². The number of nitro benzene ring substituents is 1. The van der Waals surface area contributed by atoms with Crippen molar-refractivity contribution in [2.24, 2.45) is 0 Å². The minimum absolute atomic E-state index is 0.308. The van der Waals surface area contributed by atoms with E-state index < -0.39 is 28.0 Å². The molecule has 1 aromatic carbocycles. The molecule has 20 heavy (non-hydrogen) atoms. The number of aromatic amines is 1. The third-order valence-electron chi connectivity index (χ3n) is 2.52. The van der Waals surface area contributed by atoms with E-state index in [1.54, 1.807) is 0 Å². The maximum atomic E-state index is 12.5. The highest BCUT2D eigenvalue weighted by atomic mass is 19.4. The highest BCUT2D eigenvalue weighted by Gasteiger charge is 2.34. The first kappa shape index (κ1) is 13.6. The summed E-state index contributed by atoms with van der Waals surface area (Å²) < 4.78 is 41.9. The lowest BCUT2D eigenvalue weighted by Gasteiger charge is -2.07. The number of nitrogen functional groups attached to an aromatic ring is 1. The Morgan fingerprint density at radius 1 is 1.35 bits per heavy atom. The summed E-state index contributed by atoms with van der Waals surface area (Å²) in [6.07, 6.45) is -4.74. The number of H-pyrrole nitrogens is 1. The second-order valence-corrected chi connectivity index (χ2v) is 3.77. The third-order valence-corrected chi connectivity index (χ3v) is 2.52. The fourth-order valence-electron chi connectivity index (χ4n) is 1.64. The Balaban J connectivity index is 2.73. The molecule has 0 unspecified atom stereocenters. The maximum Gasteiger partial charge on any atom is 0.416 e. The highest BCUT2D eigenvalue weighted by Crippen LogP contribution is 2.37. The Hall–Kier alpha value is -2.78. The van der Waals surface area contributed by atoms with Gasteiger partial charge < -0.3 is 10.3 Å². The van der Waals surface area contributed by atoms with Crippen molar-refractivity contribution in [3.8, 4) is 11.1 Å². The Morgan fingerprint density at radius 3 is 2.45 bits per heavy atom. The highest BCUT2D eigenvalue weighted by molar-refractivity contribution is 5.80. The van der Waals surface area contributed by atoms with Gasteiger partial charge in [-0.1, -0.05) is 0 Å². The average molecular weight is 289 g/mol. The molecule has 3 N–H and O–H groups in total. The Bertz CT molecular complexity index is 732. The summed E-state index contributed by atoms with van der Waals surface area (Å²) in [5.74, 6) is -0.308. The van der Waals surface area contributed by atoms with Crippen LogP contribution >= 0.6 is 0 Å². The fraction of sp³-hybridized carbons (Fsp3) is 0.100. The number of halogens is 3. The minimum atomic E-state index is -4.74. The number of rotatable bonds is 2. The number of nitrogens with zero attached hydrogens (tertiary/aromatic N) is 1. The number of hydrogen-bond acceptors (Lipinski definition) is 5. The van der Waals surface area contributed by atoms with Crippen LogP contribution in [0.5, 0.6) is 0 Å². The quantitative estimate of drug-likeness (QED) is 0.649. The maximum absolute atomic E-state index is 12.5. The number of hydrogen-bond donors (Lipinski definition) is 2. The molecule has 0 saturated heterocycles. The van der Waals surface area contributed by atoms with Crippen molar-refractivity contribution < 1.29 is 22.6 Å². The molecule has 2 aromatic rings. The molecule has 0 bridgehead atoms. The zero-order valence-electron chi connectivity index (χ0n) is 9.52. The van der Waals surface area contributed by atoms with E-state index in [9.17, 15) is 28.1 Å². The van der Waals surface area contributed by atoms with Crippen LogP contribution in [-0.2, 0) is 6.18 Å². The molecule has 2 rings (SSSR count). The van der Waals surface area contributed by atoms with Crippen LogP contribution in [0.25, 0.3) is 11.1 Å². The lowest BCUT2D eigenvalue weighted by molar-refractivity contribution is -0.384. The number of benzene rings is 1. The van der Waals surface area contributed by atoms with Crippen molar-refractivity contribution in [1.82, 2.24) is 5.16 Å². The van der Waals surface area contributed by atoms with Crippen molar-refractivity contribution in [3.63, 3.8) is 0 Å². The van der Waals surface area contributed by atoms with Crippen molar-refractivity contribution in [2.45, 2.75) is 6.18 Å². The van der Waals surface area contributed by atoms with Gasteiger partial charge in [-0.05, 0) is 12.1 Å². The van der Waals surface area contributed by atoms with E-state index in [-0.39, 0.29) is 16.9 Å². The molecule has 7 nitrogen and oxygen atoms in total. The van der Waals surface area contributed by atoms with Crippen molar-refractivity contribution in [1.29, 1.82) is 0 Å². The molecular weight excluding hydrogens is 283 g/mol. The summed E-state index contributed by atoms with van der Waals surface area (Å²) in [6.45, 7) is 0. The topological polar surface area (TPSA) is 115 Å². The van der Waals surface area contributed by atoms with Crippen LogP contribution in [0.4, 0.5) is 24.7 Å². The molecule has 0 aliphatic carbocycles. The van der Waals surface area contributed by atoms with Gasteiger partial charge in [0.1, 0.15) is 11.4 Å². The molecule has 106 valence electrons. The molecule has 10 heteroatoms. The number of anilines is 1. The van der Waals surface area contributed by atoms with E-state index in [4.69, 9.17) is 5.73 Å². The van der Waals surface area contributed by atoms with E-state index in [0.29, 0.717) is 12.1 Å². The van der Waals surface area contributed by atoms with E-state index in [1.165, 1.54) is 0 Å². The van der Waals surface area contributed by atoms with Gasteiger partial charge in [0.05, 0.1) is 16.1 Å². The van der Waals surface area contributed by atoms with Gasteiger partial charge in [0.25, 0.3) is 5.69 Å². The van der Waals surface area contributed by atoms with Gasteiger partial charge in [0, 0.05) is 6.07 Å². The summed E-state index contributed by atoms with van der Waals surface area (Å²) in [5.41, 5.74) is 1.54. The van der Waals surface area contributed by atoms with Gasteiger partial charge in [-0.25, -0.2) is 9.95 Å². The SMILES string of the molecule is Nc1[nH]oc(=O)c1-c1ccc(C(F)(F)F)cc1[N+](=O)[O-]. The Kier molecular flexibility index (Phi) is 3.00. The van der Waals surface area contributed by atoms with Gasteiger partial charge >= 0.3 is 11.8 Å². The smallest absolute Gasteiger partial charge is 0.382 e. The zero-order chi connectivity index (χ0) is 15.1. The predicted molar refractivity (Wildman–Crippen MR) is 60.8 cm³/mol. The average Bonchev–Trinajstić information content (AvgIpc) is 2.67. The van der Waals surface area contributed by atoms with Crippen LogP contribution < -0.4 is 11.4 Å². The molecule has 0 atom stereocenters. The van der Waals surface area contributed by atoms with Crippen molar-refractivity contribution >= 4 is 11.5 Å². The van der Waals surface area contributed by atoms with E-state index >= 15 is 0 Å². The van der Waals surface area contributed by atoms with Crippen molar-refractivity contribution in [2.75, 3.05) is 5.73 Å². The minimum Gasteiger partial charge on any atom is -0.382 e. The van der Waals surface area contributed by atoms with Crippen LogP contribution in [0.2, 0.25) is 0 Å². The third kappa shape index (κ3) is 2.22. The molecule has 0 saturated carbocycles.